The third kappa shape index (κ3) is 3.66. The number of rotatable bonds is 3. The Morgan fingerprint density at radius 3 is 2.71 bits per heavy atom. The average molecular weight is 380 g/mol. The van der Waals surface area contributed by atoms with Gasteiger partial charge in [-0.15, -0.1) is 12.4 Å². The second-order valence-corrected chi connectivity index (χ2v) is 5.05. The summed E-state index contributed by atoms with van der Waals surface area (Å²) in [6.07, 6.45) is 5.05. The molecule has 0 unspecified atom stereocenters. The van der Waals surface area contributed by atoms with Gasteiger partial charge in [0.25, 0.3) is 0 Å². The van der Waals surface area contributed by atoms with E-state index in [-0.39, 0.29) is 18.2 Å². The van der Waals surface area contributed by atoms with Crippen LogP contribution < -0.4 is 0 Å². The topological polar surface area (TPSA) is 34.9 Å². The number of nitrogens with zero attached hydrogens (tertiary/aromatic N) is 2. The molecule has 0 radical (unpaired) electrons. The van der Waals surface area contributed by atoms with Gasteiger partial charge in [0.2, 0.25) is 0 Å². The molecule has 1 heterocycles. The first-order chi connectivity index (χ1) is 7.66. The van der Waals surface area contributed by atoms with Gasteiger partial charge in [-0.2, -0.15) is 0 Å². The Hall–Kier alpha value is -0.650. The van der Waals surface area contributed by atoms with Crippen LogP contribution in [-0.2, 0) is 6.54 Å². The number of imidazole rings is 1. The number of hydrogen-bond donors (Lipinski definition) is 0. The molecule has 2 rings (SSSR count). The molecule has 3 nitrogen and oxygen atoms in total. The van der Waals surface area contributed by atoms with E-state index in [2.05, 4.69) is 36.8 Å². The fourth-order valence-corrected chi connectivity index (χ4v) is 2.62. The molecule has 2 aromatic rings. The fraction of sp³-hybridized carbons (Fsp3) is 0.0909. The molecule has 0 saturated carbocycles. The molecule has 0 aliphatic rings. The van der Waals surface area contributed by atoms with Crippen LogP contribution in [0.2, 0.25) is 0 Å². The predicted molar refractivity (Wildman–Crippen MR) is 75.6 cm³/mol. The lowest BCUT2D eigenvalue weighted by atomic mass is 10.1. The van der Waals surface area contributed by atoms with Gasteiger partial charge < -0.3 is 4.57 Å². The monoisotopic (exact) mass is 378 g/mol. The molecule has 6 heteroatoms. The summed E-state index contributed by atoms with van der Waals surface area (Å²) in [6, 6.07) is 5.51. The zero-order chi connectivity index (χ0) is 11.5. The van der Waals surface area contributed by atoms with Gasteiger partial charge in [-0.3, -0.25) is 4.79 Å². The van der Waals surface area contributed by atoms with E-state index in [0.29, 0.717) is 12.1 Å². The molecule has 1 aromatic heterocycles. The molecule has 17 heavy (non-hydrogen) atoms. The number of Topliss-reactive ketones (excluding diaryl/α,β-unsaturated/α-hetero) is 1. The summed E-state index contributed by atoms with van der Waals surface area (Å²) >= 11 is 6.73. The lowest BCUT2D eigenvalue weighted by molar-refractivity contribution is 0.0971. The number of carbonyl (C=O) groups excluding carboxylic acids is 1. The van der Waals surface area contributed by atoms with Gasteiger partial charge >= 0.3 is 0 Å². The molecular formula is C11H9Br2ClN2O. The van der Waals surface area contributed by atoms with E-state index in [0.717, 1.165) is 8.95 Å². The number of halogens is 3. The third-order valence-corrected chi connectivity index (χ3v) is 3.27. The Bertz CT molecular complexity index is 514. The summed E-state index contributed by atoms with van der Waals surface area (Å²) in [7, 11) is 0. The van der Waals surface area contributed by atoms with Gasteiger partial charge in [-0.05, 0) is 18.2 Å². The zero-order valence-electron chi connectivity index (χ0n) is 8.64. The quantitative estimate of drug-likeness (QED) is 0.761. The highest BCUT2D eigenvalue weighted by Gasteiger charge is 2.10. The Morgan fingerprint density at radius 1 is 1.35 bits per heavy atom. The van der Waals surface area contributed by atoms with Crippen LogP contribution in [-0.4, -0.2) is 15.3 Å². The summed E-state index contributed by atoms with van der Waals surface area (Å²) in [5, 5.41) is 0. The SMILES string of the molecule is Cl.O=C(Cn1ccnc1)c1ccc(Br)cc1Br. The first kappa shape index (κ1) is 14.4. The minimum atomic E-state index is 0. The van der Waals surface area contributed by atoms with Gasteiger partial charge in [-0.25, -0.2) is 4.98 Å². The minimum absolute atomic E-state index is 0. The molecule has 0 aliphatic heterocycles. The van der Waals surface area contributed by atoms with Crippen molar-refractivity contribution in [2.24, 2.45) is 0 Å². The van der Waals surface area contributed by atoms with E-state index < -0.39 is 0 Å². The summed E-state index contributed by atoms with van der Waals surface area (Å²) < 4.78 is 3.49. The summed E-state index contributed by atoms with van der Waals surface area (Å²) in [4.78, 5) is 15.8. The molecule has 0 fully saturated rings. The number of carbonyl (C=O) groups is 1. The first-order valence-corrected chi connectivity index (χ1v) is 6.19. The molecule has 0 atom stereocenters. The Labute approximate surface area is 122 Å². The number of hydrogen-bond acceptors (Lipinski definition) is 2. The fourth-order valence-electron chi connectivity index (χ4n) is 1.35. The second-order valence-electron chi connectivity index (χ2n) is 3.28. The predicted octanol–water partition coefficient (Wildman–Crippen LogP) is 3.71. The van der Waals surface area contributed by atoms with Gasteiger partial charge in [0.15, 0.2) is 5.78 Å². The number of benzene rings is 1. The maximum absolute atomic E-state index is 12.0. The molecule has 0 saturated heterocycles. The average Bonchev–Trinajstić information content (AvgIpc) is 2.70. The standard InChI is InChI=1S/C11H8Br2N2O.ClH/c12-8-1-2-9(10(13)5-8)11(16)6-15-4-3-14-7-15;/h1-5,7H,6H2;1H. The lowest BCUT2D eigenvalue weighted by Gasteiger charge is -2.04. The van der Waals surface area contributed by atoms with E-state index in [9.17, 15) is 4.79 Å². The zero-order valence-corrected chi connectivity index (χ0v) is 12.6. The molecule has 0 aliphatic carbocycles. The Morgan fingerprint density at radius 2 is 2.12 bits per heavy atom. The highest BCUT2D eigenvalue weighted by atomic mass is 79.9. The molecule has 0 N–H and O–H groups in total. The van der Waals surface area contributed by atoms with Crippen LogP contribution in [0.3, 0.4) is 0 Å². The van der Waals surface area contributed by atoms with Gasteiger partial charge in [0.1, 0.15) is 0 Å². The molecule has 1 aromatic carbocycles. The third-order valence-electron chi connectivity index (χ3n) is 2.12. The number of ketones is 1. The molecular weight excluding hydrogens is 371 g/mol. The van der Waals surface area contributed by atoms with Crippen molar-refractivity contribution in [2.45, 2.75) is 6.54 Å². The van der Waals surface area contributed by atoms with Crippen molar-refractivity contribution in [1.82, 2.24) is 9.55 Å². The van der Waals surface area contributed by atoms with Crippen LogP contribution in [0.4, 0.5) is 0 Å². The second kappa shape index (κ2) is 6.33. The van der Waals surface area contributed by atoms with Crippen LogP contribution in [0.15, 0.2) is 45.9 Å². The van der Waals surface area contributed by atoms with E-state index >= 15 is 0 Å². The van der Waals surface area contributed by atoms with Crippen molar-refractivity contribution in [3.8, 4) is 0 Å². The summed E-state index contributed by atoms with van der Waals surface area (Å²) in [6.45, 7) is 0.306. The van der Waals surface area contributed by atoms with Crippen molar-refractivity contribution >= 4 is 50.1 Å². The van der Waals surface area contributed by atoms with E-state index in [1.165, 1.54) is 0 Å². The Kier molecular flexibility index (Phi) is 5.36. The number of aromatic nitrogens is 2. The summed E-state index contributed by atoms with van der Waals surface area (Å²) in [5.41, 5.74) is 0.678. The van der Waals surface area contributed by atoms with Crippen molar-refractivity contribution in [1.29, 1.82) is 0 Å². The first-order valence-electron chi connectivity index (χ1n) is 4.61. The van der Waals surface area contributed by atoms with Crippen LogP contribution in [0, 0.1) is 0 Å². The summed E-state index contributed by atoms with van der Waals surface area (Å²) in [5.74, 6) is 0.0531. The molecule has 0 amide bonds. The molecule has 90 valence electrons. The maximum atomic E-state index is 12.0. The molecule has 0 spiro atoms. The van der Waals surface area contributed by atoms with Crippen LogP contribution >= 0.6 is 44.3 Å². The van der Waals surface area contributed by atoms with E-state index in [1.807, 2.05) is 12.1 Å². The van der Waals surface area contributed by atoms with Crippen LogP contribution in [0.5, 0.6) is 0 Å². The largest absolute Gasteiger partial charge is 0.330 e. The molecule has 0 bridgehead atoms. The van der Waals surface area contributed by atoms with Gasteiger partial charge in [0, 0.05) is 26.9 Å². The van der Waals surface area contributed by atoms with Gasteiger partial charge in [0.05, 0.1) is 12.9 Å². The Balaban J connectivity index is 0.00000144. The maximum Gasteiger partial charge on any atom is 0.183 e. The van der Waals surface area contributed by atoms with Crippen molar-refractivity contribution < 1.29 is 4.79 Å². The van der Waals surface area contributed by atoms with Crippen molar-refractivity contribution in [3.05, 3.63) is 51.4 Å². The van der Waals surface area contributed by atoms with Crippen molar-refractivity contribution in [2.75, 3.05) is 0 Å². The highest BCUT2D eigenvalue weighted by molar-refractivity contribution is 9.11. The smallest absolute Gasteiger partial charge is 0.183 e. The minimum Gasteiger partial charge on any atom is -0.330 e. The normalized spacial score (nSPS) is 9.76. The van der Waals surface area contributed by atoms with Crippen LogP contribution in [0.1, 0.15) is 10.4 Å². The highest BCUT2D eigenvalue weighted by Crippen LogP contribution is 2.22. The van der Waals surface area contributed by atoms with Gasteiger partial charge in [-0.1, -0.05) is 31.9 Å². The lowest BCUT2D eigenvalue weighted by Crippen LogP contribution is -2.09. The van der Waals surface area contributed by atoms with Crippen molar-refractivity contribution in [3.63, 3.8) is 0 Å². The van der Waals surface area contributed by atoms with E-state index in [4.69, 9.17) is 0 Å². The van der Waals surface area contributed by atoms with E-state index in [1.54, 1.807) is 29.4 Å². The van der Waals surface area contributed by atoms with Crippen LogP contribution in [0.25, 0.3) is 0 Å².